The molecule has 0 saturated heterocycles. The van der Waals surface area contributed by atoms with Crippen molar-refractivity contribution in [3.8, 4) is 5.75 Å². The minimum Gasteiger partial charge on any atom is -0.494 e. The Labute approximate surface area is 144 Å². The van der Waals surface area contributed by atoms with Crippen LogP contribution >= 0.6 is 0 Å². The van der Waals surface area contributed by atoms with Crippen molar-refractivity contribution in [2.24, 2.45) is 11.3 Å². The van der Waals surface area contributed by atoms with Crippen molar-refractivity contribution in [1.82, 2.24) is 4.90 Å². The van der Waals surface area contributed by atoms with Gasteiger partial charge >= 0.3 is 0 Å². The number of carbonyl (C=O) groups excluding carboxylic acids is 1. The molecule has 1 unspecified atom stereocenters. The largest absolute Gasteiger partial charge is 0.494 e. The number of allylic oxidation sites excluding steroid dienone is 1. The Hall–Kier alpha value is -1.61. The Kier molecular flexibility index (Phi) is 3.61. The van der Waals surface area contributed by atoms with Gasteiger partial charge in [-0.2, -0.15) is 0 Å². The van der Waals surface area contributed by atoms with Crippen LogP contribution < -0.4 is 4.74 Å². The molecule has 2 bridgehead atoms. The lowest BCUT2D eigenvalue weighted by atomic mass is 9.68. The summed E-state index contributed by atoms with van der Waals surface area (Å²) < 4.78 is 5.58. The number of carbonyl (C=O) groups is 1. The Balaban J connectivity index is 1.81. The molecule has 1 aromatic carbocycles. The van der Waals surface area contributed by atoms with E-state index in [0.717, 1.165) is 12.2 Å². The molecule has 24 heavy (non-hydrogen) atoms. The normalized spacial score (nSPS) is 34.4. The maximum Gasteiger partial charge on any atom is 0.145 e. The van der Waals surface area contributed by atoms with E-state index in [2.05, 4.69) is 49.3 Å². The lowest BCUT2D eigenvalue weighted by molar-refractivity contribution is -0.125. The highest BCUT2D eigenvalue weighted by atomic mass is 16.5. The summed E-state index contributed by atoms with van der Waals surface area (Å²) in [7, 11) is 4.29. The van der Waals surface area contributed by atoms with Crippen LogP contribution in [0.3, 0.4) is 0 Å². The van der Waals surface area contributed by atoms with E-state index in [1.807, 2.05) is 6.92 Å². The lowest BCUT2D eigenvalue weighted by Gasteiger charge is -2.43. The topological polar surface area (TPSA) is 29.5 Å². The average molecular weight is 325 g/mol. The molecule has 3 atom stereocenters. The van der Waals surface area contributed by atoms with Crippen molar-refractivity contribution in [3.05, 3.63) is 35.9 Å². The van der Waals surface area contributed by atoms with Crippen LogP contribution in [0.25, 0.3) is 5.57 Å². The number of rotatable bonds is 4. The number of ketones is 1. The minimum absolute atomic E-state index is 0.120. The first-order chi connectivity index (χ1) is 11.5. The van der Waals surface area contributed by atoms with Gasteiger partial charge in [0.05, 0.1) is 17.6 Å². The molecule has 0 spiro atoms. The SMILES string of the molecule is CCOc1ccc(C2=C[C@@]34CCCCC3[C@@]2(N(C)C)CC4=O)cc1. The van der Waals surface area contributed by atoms with Crippen LogP contribution in [-0.2, 0) is 4.79 Å². The minimum atomic E-state index is -0.198. The van der Waals surface area contributed by atoms with Crippen molar-refractivity contribution in [3.63, 3.8) is 0 Å². The van der Waals surface area contributed by atoms with Gasteiger partial charge in [-0.25, -0.2) is 0 Å². The molecule has 3 aliphatic carbocycles. The number of hydrogen-bond acceptors (Lipinski definition) is 3. The maximum atomic E-state index is 12.9. The van der Waals surface area contributed by atoms with Gasteiger partial charge in [-0.3, -0.25) is 9.69 Å². The Bertz CT molecular complexity index is 690. The van der Waals surface area contributed by atoms with Gasteiger partial charge in [0.15, 0.2) is 0 Å². The number of likely N-dealkylation sites (N-methyl/N-ethyl adjacent to an activating group) is 1. The zero-order valence-corrected chi connectivity index (χ0v) is 15.0. The molecule has 2 saturated carbocycles. The molecule has 2 fully saturated rings. The molecule has 0 amide bonds. The fourth-order valence-electron chi connectivity index (χ4n) is 5.59. The standard InChI is InChI=1S/C21H27NO2/c1-4-24-16-10-8-15(9-11-16)17-13-20-12-6-5-7-18(20)21(17,22(2)3)14-19(20)23/h8-11,13,18H,4-7,12,14H2,1-3H3/t18?,20-,21+/m0/s1. The molecule has 0 radical (unpaired) electrons. The van der Waals surface area contributed by atoms with Gasteiger partial charge in [-0.1, -0.05) is 31.1 Å². The van der Waals surface area contributed by atoms with Gasteiger partial charge in [0.25, 0.3) is 0 Å². The number of nitrogens with zero attached hydrogens (tertiary/aromatic N) is 1. The van der Waals surface area contributed by atoms with Crippen LogP contribution in [0.1, 0.15) is 44.6 Å². The second-order valence-corrected chi connectivity index (χ2v) is 7.77. The molecule has 0 aromatic heterocycles. The van der Waals surface area contributed by atoms with E-state index in [1.165, 1.54) is 30.4 Å². The Morgan fingerprint density at radius 2 is 1.96 bits per heavy atom. The highest BCUT2D eigenvalue weighted by Crippen LogP contribution is 2.66. The van der Waals surface area contributed by atoms with Crippen LogP contribution in [0.2, 0.25) is 0 Å². The van der Waals surface area contributed by atoms with Crippen LogP contribution in [0, 0.1) is 11.3 Å². The Morgan fingerprint density at radius 3 is 2.62 bits per heavy atom. The summed E-state index contributed by atoms with van der Waals surface area (Å²) >= 11 is 0. The summed E-state index contributed by atoms with van der Waals surface area (Å²) in [4.78, 5) is 15.2. The first-order valence-corrected chi connectivity index (χ1v) is 9.22. The van der Waals surface area contributed by atoms with Crippen molar-refractivity contribution in [2.75, 3.05) is 20.7 Å². The van der Waals surface area contributed by atoms with Gasteiger partial charge in [0.2, 0.25) is 0 Å². The highest BCUT2D eigenvalue weighted by Gasteiger charge is 2.68. The van der Waals surface area contributed by atoms with Crippen LogP contribution in [0.15, 0.2) is 30.3 Å². The van der Waals surface area contributed by atoms with E-state index < -0.39 is 0 Å². The number of hydrogen-bond donors (Lipinski definition) is 0. The number of benzene rings is 1. The third-order valence-electron chi connectivity index (χ3n) is 6.62. The van der Waals surface area contributed by atoms with Crippen molar-refractivity contribution in [2.45, 2.75) is 44.6 Å². The first-order valence-electron chi connectivity index (χ1n) is 9.22. The predicted molar refractivity (Wildman–Crippen MR) is 96.0 cm³/mol. The van der Waals surface area contributed by atoms with E-state index in [1.54, 1.807) is 0 Å². The zero-order chi connectivity index (χ0) is 16.9. The highest BCUT2D eigenvalue weighted by molar-refractivity contribution is 6.01. The van der Waals surface area contributed by atoms with Crippen LogP contribution in [0.5, 0.6) is 5.75 Å². The molecule has 0 heterocycles. The fourth-order valence-corrected chi connectivity index (χ4v) is 5.59. The monoisotopic (exact) mass is 325 g/mol. The van der Waals surface area contributed by atoms with Crippen LogP contribution in [-0.4, -0.2) is 36.9 Å². The number of ether oxygens (including phenoxy) is 1. The molecule has 0 aliphatic heterocycles. The molecule has 3 aliphatic rings. The summed E-state index contributed by atoms with van der Waals surface area (Å²) in [5.74, 6) is 1.83. The van der Waals surface area contributed by atoms with E-state index in [0.29, 0.717) is 24.7 Å². The van der Waals surface area contributed by atoms with Crippen molar-refractivity contribution >= 4 is 11.4 Å². The summed E-state index contributed by atoms with van der Waals surface area (Å²) in [5.41, 5.74) is 2.29. The predicted octanol–water partition coefficient (Wildman–Crippen LogP) is 3.93. The zero-order valence-electron chi connectivity index (χ0n) is 15.0. The fraction of sp³-hybridized carbons (Fsp3) is 0.571. The average Bonchev–Trinajstić information content (AvgIpc) is 3.02. The van der Waals surface area contributed by atoms with Gasteiger partial charge in [-0.05, 0) is 63.0 Å². The summed E-state index contributed by atoms with van der Waals surface area (Å²) in [5, 5.41) is 0. The molecule has 4 rings (SSSR count). The summed E-state index contributed by atoms with van der Waals surface area (Å²) in [6.45, 7) is 2.69. The second kappa shape index (κ2) is 5.45. The molecule has 3 nitrogen and oxygen atoms in total. The summed E-state index contributed by atoms with van der Waals surface area (Å²) in [6, 6.07) is 8.43. The van der Waals surface area contributed by atoms with E-state index in [-0.39, 0.29) is 11.0 Å². The van der Waals surface area contributed by atoms with Gasteiger partial charge in [-0.15, -0.1) is 0 Å². The molecule has 128 valence electrons. The first kappa shape index (κ1) is 15.9. The molecular weight excluding hydrogens is 298 g/mol. The van der Waals surface area contributed by atoms with Gasteiger partial charge in [0.1, 0.15) is 11.5 Å². The second-order valence-electron chi connectivity index (χ2n) is 7.77. The molecule has 3 heteroatoms. The Morgan fingerprint density at radius 1 is 1.21 bits per heavy atom. The molecular formula is C21H27NO2. The van der Waals surface area contributed by atoms with Gasteiger partial charge in [0, 0.05) is 6.42 Å². The van der Waals surface area contributed by atoms with Gasteiger partial charge < -0.3 is 4.74 Å². The van der Waals surface area contributed by atoms with E-state index >= 15 is 0 Å². The van der Waals surface area contributed by atoms with E-state index in [9.17, 15) is 4.79 Å². The smallest absolute Gasteiger partial charge is 0.145 e. The third-order valence-corrected chi connectivity index (χ3v) is 6.62. The number of Topliss-reactive ketones (excluding diaryl/α,β-unsaturated/α-hetero) is 1. The molecule has 1 aromatic rings. The molecule has 0 N–H and O–H groups in total. The summed E-state index contributed by atoms with van der Waals surface area (Å²) in [6.07, 6.45) is 7.65. The van der Waals surface area contributed by atoms with E-state index in [4.69, 9.17) is 4.74 Å². The van der Waals surface area contributed by atoms with Crippen molar-refractivity contribution in [1.29, 1.82) is 0 Å². The quantitative estimate of drug-likeness (QED) is 0.840. The van der Waals surface area contributed by atoms with Crippen molar-refractivity contribution < 1.29 is 9.53 Å². The maximum absolute atomic E-state index is 12.9. The third kappa shape index (κ3) is 1.91. The lowest BCUT2D eigenvalue weighted by Crippen LogP contribution is -2.48. The van der Waals surface area contributed by atoms with Crippen LogP contribution in [0.4, 0.5) is 0 Å².